The maximum atomic E-state index is 12.2. The Labute approximate surface area is 97.8 Å². The van der Waals surface area contributed by atoms with Crippen molar-refractivity contribution in [2.75, 3.05) is 19.7 Å². The predicted octanol–water partition coefficient (Wildman–Crippen LogP) is 0.591. The van der Waals surface area contributed by atoms with Gasteiger partial charge in [-0.1, -0.05) is 13.8 Å². The molecular weight excluding hydrogens is 204 g/mol. The Morgan fingerprint density at radius 2 is 2.12 bits per heavy atom. The molecule has 1 saturated carbocycles. The zero-order valence-corrected chi connectivity index (χ0v) is 10.4. The number of hydrogen-bond acceptors (Lipinski definition) is 3. The van der Waals surface area contributed by atoms with Crippen LogP contribution < -0.4 is 5.73 Å². The summed E-state index contributed by atoms with van der Waals surface area (Å²) in [5, 5.41) is 8.97. The summed E-state index contributed by atoms with van der Waals surface area (Å²) in [5.74, 6) is 0.535. The van der Waals surface area contributed by atoms with Crippen LogP contribution in [0.25, 0.3) is 0 Å². The summed E-state index contributed by atoms with van der Waals surface area (Å²) in [6, 6.07) is 0.362. The number of nitrogens with two attached hydrogens (primary N) is 1. The lowest BCUT2D eigenvalue weighted by atomic mass is 9.96. The molecule has 0 spiro atoms. The number of carbonyl (C=O) groups excluding carboxylic acids is 1. The summed E-state index contributed by atoms with van der Waals surface area (Å²) in [4.78, 5) is 14.0. The molecule has 16 heavy (non-hydrogen) atoms. The molecule has 0 heterocycles. The highest BCUT2D eigenvalue weighted by atomic mass is 16.3. The number of amides is 1. The Bertz CT molecular complexity index is 227. The van der Waals surface area contributed by atoms with Crippen LogP contribution in [-0.2, 0) is 4.79 Å². The third-order valence-electron chi connectivity index (χ3n) is 3.00. The van der Waals surface area contributed by atoms with E-state index in [9.17, 15) is 4.79 Å². The molecule has 0 radical (unpaired) electrons. The van der Waals surface area contributed by atoms with Crippen LogP contribution in [0, 0.1) is 11.8 Å². The maximum Gasteiger partial charge on any atom is 0.227 e. The molecule has 4 heteroatoms. The molecule has 0 aliphatic heterocycles. The largest absolute Gasteiger partial charge is 0.395 e. The normalized spacial score (nSPS) is 17.6. The maximum absolute atomic E-state index is 12.2. The van der Waals surface area contributed by atoms with Crippen molar-refractivity contribution in [2.24, 2.45) is 17.6 Å². The smallest absolute Gasteiger partial charge is 0.227 e. The van der Waals surface area contributed by atoms with E-state index >= 15 is 0 Å². The van der Waals surface area contributed by atoms with Crippen LogP contribution in [0.15, 0.2) is 0 Å². The lowest BCUT2D eigenvalue weighted by Crippen LogP contribution is -2.42. The lowest BCUT2D eigenvalue weighted by Gasteiger charge is -2.27. The fourth-order valence-electron chi connectivity index (χ4n) is 2.07. The molecule has 0 aromatic heterocycles. The van der Waals surface area contributed by atoms with Crippen molar-refractivity contribution in [3.05, 3.63) is 0 Å². The Kier molecular flexibility index (Phi) is 5.22. The van der Waals surface area contributed by atoms with Crippen LogP contribution in [0.2, 0.25) is 0 Å². The molecule has 1 amide bonds. The quantitative estimate of drug-likeness (QED) is 0.670. The number of carbonyl (C=O) groups is 1. The van der Waals surface area contributed by atoms with Gasteiger partial charge in [0.1, 0.15) is 0 Å². The van der Waals surface area contributed by atoms with E-state index in [2.05, 4.69) is 13.8 Å². The first-order valence-corrected chi connectivity index (χ1v) is 6.21. The van der Waals surface area contributed by atoms with Gasteiger partial charge in [-0.15, -0.1) is 0 Å². The van der Waals surface area contributed by atoms with Gasteiger partial charge in [-0.2, -0.15) is 0 Å². The van der Waals surface area contributed by atoms with Crippen molar-refractivity contribution in [3.8, 4) is 0 Å². The second-order valence-electron chi connectivity index (χ2n) is 5.05. The van der Waals surface area contributed by atoms with Crippen LogP contribution in [0.1, 0.15) is 33.1 Å². The lowest BCUT2D eigenvalue weighted by molar-refractivity contribution is -0.136. The molecule has 4 nitrogen and oxygen atoms in total. The second-order valence-corrected chi connectivity index (χ2v) is 5.05. The average Bonchev–Trinajstić information content (AvgIpc) is 3.05. The van der Waals surface area contributed by atoms with Crippen molar-refractivity contribution in [2.45, 2.75) is 39.2 Å². The van der Waals surface area contributed by atoms with Crippen molar-refractivity contribution in [1.29, 1.82) is 0 Å². The van der Waals surface area contributed by atoms with Crippen molar-refractivity contribution in [3.63, 3.8) is 0 Å². The van der Waals surface area contributed by atoms with Gasteiger partial charge in [-0.3, -0.25) is 4.79 Å². The van der Waals surface area contributed by atoms with Crippen LogP contribution >= 0.6 is 0 Å². The van der Waals surface area contributed by atoms with Gasteiger partial charge in [0.25, 0.3) is 0 Å². The van der Waals surface area contributed by atoms with Gasteiger partial charge in [0, 0.05) is 19.1 Å². The molecule has 1 aliphatic carbocycles. The van der Waals surface area contributed by atoms with E-state index in [-0.39, 0.29) is 18.4 Å². The Morgan fingerprint density at radius 1 is 1.50 bits per heavy atom. The van der Waals surface area contributed by atoms with Crippen LogP contribution in [0.4, 0.5) is 0 Å². The zero-order valence-electron chi connectivity index (χ0n) is 10.4. The highest BCUT2D eigenvalue weighted by Crippen LogP contribution is 2.28. The number of hydrogen-bond donors (Lipinski definition) is 2. The first-order valence-electron chi connectivity index (χ1n) is 6.21. The van der Waals surface area contributed by atoms with Gasteiger partial charge in [0.15, 0.2) is 0 Å². The number of rotatable bonds is 7. The first kappa shape index (κ1) is 13.5. The molecule has 94 valence electrons. The van der Waals surface area contributed by atoms with Gasteiger partial charge in [-0.05, 0) is 25.2 Å². The molecule has 1 aliphatic rings. The molecule has 0 bridgehead atoms. The summed E-state index contributed by atoms with van der Waals surface area (Å²) in [5.41, 5.74) is 5.67. The minimum Gasteiger partial charge on any atom is -0.395 e. The Balaban J connectivity index is 2.55. The topological polar surface area (TPSA) is 66.6 Å². The molecule has 1 atom stereocenters. The standard InChI is InChI=1S/C12H24N2O2/c1-9(2)7-10(8-13)12(16)14(5-6-15)11-3-4-11/h9-11,15H,3-8,13H2,1-2H3. The fraction of sp³-hybridized carbons (Fsp3) is 0.917. The summed E-state index contributed by atoms with van der Waals surface area (Å²) < 4.78 is 0. The Morgan fingerprint density at radius 3 is 2.50 bits per heavy atom. The fourth-order valence-corrected chi connectivity index (χ4v) is 2.07. The monoisotopic (exact) mass is 228 g/mol. The SMILES string of the molecule is CC(C)CC(CN)C(=O)N(CCO)C1CC1. The average molecular weight is 228 g/mol. The van der Waals surface area contributed by atoms with E-state index in [1.54, 1.807) is 0 Å². The molecule has 1 fully saturated rings. The molecule has 0 saturated heterocycles. The number of aliphatic hydroxyl groups is 1. The van der Waals surface area contributed by atoms with Gasteiger partial charge < -0.3 is 15.7 Å². The molecule has 0 aromatic carbocycles. The molecule has 1 rings (SSSR count). The molecule has 1 unspecified atom stereocenters. The van der Waals surface area contributed by atoms with Crippen LogP contribution in [0.5, 0.6) is 0 Å². The van der Waals surface area contributed by atoms with Crippen molar-refractivity contribution >= 4 is 5.91 Å². The van der Waals surface area contributed by atoms with Crippen LogP contribution in [0.3, 0.4) is 0 Å². The van der Waals surface area contributed by atoms with Gasteiger partial charge in [0.05, 0.1) is 12.5 Å². The number of nitrogens with zero attached hydrogens (tertiary/aromatic N) is 1. The summed E-state index contributed by atoms with van der Waals surface area (Å²) in [6.07, 6.45) is 2.99. The molecule has 0 aromatic rings. The third kappa shape index (κ3) is 3.76. The minimum absolute atomic E-state index is 0.0429. The number of aliphatic hydroxyl groups excluding tert-OH is 1. The van der Waals surface area contributed by atoms with E-state index in [1.807, 2.05) is 4.90 Å². The highest BCUT2D eigenvalue weighted by molar-refractivity contribution is 5.79. The minimum atomic E-state index is -0.0767. The highest BCUT2D eigenvalue weighted by Gasteiger charge is 2.34. The summed E-state index contributed by atoms with van der Waals surface area (Å²) >= 11 is 0. The van der Waals surface area contributed by atoms with Crippen LogP contribution in [-0.4, -0.2) is 41.7 Å². The summed E-state index contributed by atoms with van der Waals surface area (Å²) in [6.45, 7) is 5.11. The summed E-state index contributed by atoms with van der Waals surface area (Å²) in [7, 11) is 0. The van der Waals surface area contributed by atoms with Crippen molar-refractivity contribution in [1.82, 2.24) is 4.90 Å². The van der Waals surface area contributed by atoms with E-state index in [1.165, 1.54) is 0 Å². The first-order chi connectivity index (χ1) is 7.60. The van der Waals surface area contributed by atoms with E-state index in [0.29, 0.717) is 25.0 Å². The van der Waals surface area contributed by atoms with Gasteiger partial charge >= 0.3 is 0 Å². The van der Waals surface area contributed by atoms with E-state index < -0.39 is 0 Å². The van der Waals surface area contributed by atoms with E-state index in [4.69, 9.17) is 10.8 Å². The van der Waals surface area contributed by atoms with Gasteiger partial charge in [-0.25, -0.2) is 0 Å². The predicted molar refractivity (Wildman–Crippen MR) is 63.8 cm³/mol. The zero-order chi connectivity index (χ0) is 12.1. The Hall–Kier alpha value is -0.610. The van der Waals surface area contributed by atoms with Gasteiger partial charge in [0.2, 0.25) is 5.91 Å². The van der Waals surface area contributed by atoms with E-state index in [0.717, 1.165) is 19.3 Å². The molecular formula is C12H24N2O2. The third-order valence-corrected chi connectivity index (χ3v) is 3.00. The molecule has 3 N–H and O–H groups in total. The second kappa shape index (κ2) is 6.21. The van der Waals surface area contributed by atoms with Crippen molar-refractivity contribution < 1.29 is 9.90 Å².